The van der Waals surface area contributed by atoms with Crippen molar-refractivity contribution in [2.24, 2.45) is 0 Å². The molecule has 0 bridgehead atoms. The standard InChI is InChI=1S/C14H22N2/c1-11-6-5-7-13(12(11)2)14(15-3)8-9-16(4)10-14/h5-7,15H,8-10H2,1-4H3. The van der Waals surface area contributed by atoms with Crippen LogP contribution < -0.4 is 5.32 Å². The van der Waals surface area contributed by atoms with Gasteiger partial charge in [-0.3, -0.25) is 0 Å². The highest BCUT2D eigenvalue weighted by molar-refractivity contribution is 5.39. The Morgan fingerprint density at radius 1 is 1.31 bits per heavy atom. The summed E-state index contributed by atoms with van der Waals surface area (Å²) in [5.74, 6) is 0. The first-order valence-electron chi connectivity index (χ1n) is 6.03. The Morgan fingerprint density at radius 2 is 2.06 bits per heavy atom. The van der Waals surface area contributed by atoms with Crippen molar-refractivity contribution in [3.63, 3.8) is 0 Å². The minimum Gasteiger partial charge on any atom is -0.309 e. The summed E-state index contributed by atoms with van der Waals surface area (Å²) >= 11 is 0. The highest BCUT2D eigenvalue weighted by Gasteiger charge is 2.37. The van der Waals surface area contributed by atoms with Crippen LogP contribution in [0.1, 0.15) is 23.1 Å². The van der Waals surface area contributed by atoms with Crippen molar-refractivity contribution in [1.82, 2.24) is 10.2 Å². The molecule has 1 unspecified atom stereocenters. The van der Waals surface area contributed by atoms with E-state index in [2.05, 4.69) is 56.4 Å². The molecule has 1 saturated heterocycles. The molecule has 0 saturated carbocycles. The molecule has 1 N–H and O–H groups in total. The van der Waals surface area contributed by atoms with Gasteiger partial charge in [-0.2, -0.15) is 0 Å². The third kappa shape index (κ3) is 1.76. The first-order chi connectivity index (χ1) is 7.59. The van der Waals surface area contributed by atoms with Crippen LogP contribution >= 0.6 is 0 Å². The molecule has 1 fully saturated rings. The number of hydrogen-bond acceptors (Lipinski definition) is 2. The van der Waals surface area contributed by atoms with E-state index in [1.807, 2.05) is 0 Å². The van der Waals surface area contributed by atoms with Crippen LogP contribution in [-0.2, 0) is 5.54 Å². The summed E-state index contributed by atoms with van der Waals surface area (Å²) in [6, 6.07) is 6.65. The monoisotopic (exact) mass is 218 g/mol. The van der Waals surface area contributed by atoms with Crippen LogP contribution in [0.5, 0.6) is 0 Å². The van der Waals surface area contributed by atoms with Crippen molar-refractivity contribution < 1.29 is 0 Å². The van der Waals surface area contributed by atoms with Crippen LogP contribution in [0, 0.1) is 13.8 Å². The molecule has 0 spiro atoms. The zero-order chi connectivity index (χ0) is 11.8. The number of nitrogens with zero attached hydrogens (tertiary/aromatic N) is 1. The van der Waals surface area contributed by atoms with Gasteiger partial charge in [0, 0.05) is 13.1 Å². The molecule has 0 aliphatic carbocycles. The normalized spacial score (nSPS) is 26.2. The van der Waals surface area contributed by atoms with E-state index in [1.165, 1.54) is 29.7 Å². The van der Waals surface area contributed by atoms with Gasteiger partial charge >= 0.3 is 0 Å². The maximum Gasteiger partial charge on any atom is 0.0575 e. The molecule has 1 aromatic rings. The Bertz CT molecular complexity index is 386. The number of nitrogens with one attached hydrogen (secondary N) is 1. The van der Waals surface area contributed by atoms with E-state index in [1.54, 1.807) is 0 Å². The van der Waals surface area contributed by atoms with Crippen LogP contribution in [0.25, 0.3) is 0 Å². The van der Waals surface area contributed by atoms with E-state index < -0.39 is 0 Å². The fraction of sp³-hybridized carbons (Fsp3) is 0.571. The molecule has 1 heterocycles. The number of rotatable bonds is 2. The predicted octanol–water partition coefficient (Wildman–Crippen LogP) is 2.05. The summed E-state index contributed by atoms with van der Waals surface area (Å²) in [5, 5.41) is 3.55. The Hall–Kier alpha value is -0.860. The first kappa shape index (κ1) is 11.6. The Morgan fingerprint density at radius 3 is 2.62 bits per heavy atom. The van der Waals surface area contributed by atoms with Gasteiger partial charge in [0.25, 0.3) is 0 Å². The lowest BCUT2D eigenvalue weighted by Crippen LogP contribution is -2.42. The predicted molar refractivity (Wildman–Crippen MR) is 68.8 cm³/mol. The zero-order valence-electron chi connectivity index (χ0n) is 10.8. The molecule has 1 atom stereocenters. The number of hydrogen-bond donors (Lipinski definition) is 1. The maximum absolute atomic E-state index is 3.55. The van der Waals surface area contributed by atoms with E-state index in [0.29, 0.717) is 0 Å². The van der Waals surface area contributed by atoms with Crippen LogP contribution in [0.15, 0.2) is 18.2 Å². The summed E-state index contributed by atoms with van der Waals surface area (Å²) in [6.07, 6.45) is 1.20. The number of likely N-dealkylation sites (tertiary alicyclic amines) is 1. The highest BCUT2D eigenvalue weighted by Crippen LogP contribution is 2.33. The molecule has 0 aromatic heterocycles. The van der Waals surface area contributed by atoms with Gasteiger partial charge in [-0.1, -0.05) is 18.2 Å². The number of likely N-dealkylation sites (N-methyl/N-ethyl adjacent to an activating group) is 2. The lowest BCUT2D eigenvalue weighted by atomic mass is 9.84. The van der Waals surface area contributed by atoms with Gasteiger partial charge in [-0.25, -0.2) is 0 Å². The van der Waals surface area contributed by atoms with E-state index in [0.717, 1.165) is 6.54 Å². The molecule has 88 valence electrons. The molecule has 0 amide bonds. The quantitative estimate of drug-likeness (QED) is 0.817. The molecule has 2 rings (SSSR count). The summed E-state index contributed by atoms with van der Waals surface area (Å²) in [4.78, 5) is 2.40. The van der Waals surface area contributed by atoms with Gasteiger partial charge in [0.05, 0.1) is 5.54 Å². The Kier molecular flexibility index (Phi) is 3.04. The van der Waals surface area contributed by atoms with Crippen molar-refractivity contribution >= 4 is 0 Å². The highest BCUT2D eigenvalue weighted by atomic mass is 15.2. The smallest absolute Gasteiger partial charge is 0.0575 e. The summed E-state index contributed by atoms with van der Waals surface area (Å²) in [6.45, 7) is 6.71. The lowest BCUT2D eigenvalue weighted by Gasteiger charge is -2.31. The summed E-state index contributed by atoms with van der Waals surface area (Å²) in [7, 11) is 4.28. The van der Waals surface area contributed by atoms with Crippen LogP contribution in [0.3, 0.4) is 0 Å². The van der Waals surface area contributed by atoms with E-state index in [9.17, 15) is 0 Å². The van der Waals surface area contributed by atoms with Crippen LogP contribution in [0.2, 0.25) is 0 Å². The van der Waals surface area contributed by atoms with Gasteiger partial charge in [0.1, 0.15) is 0 Å². The van der Waals surface area contributed by atoms with Gasteiger partial charge in [0.2, 0.25) is 0 Å². The number of aryl methyl sites for hydroxylation is 1. The average Bonchev–Trinajstić information content (AvgIpc) is 2.65. The minimum atomic E-state index is 0.158. The van der Waals surface area contributed by atoms with Crippen molar-refractivity contribution in [2.45, 2.75) is 25.8 Å². The molecule has 2 heteroatoms. The van der Waals surface area contributed by atoms with Crippen LogP contribution in [0.4, 0.5) is 0 Å². The maximum atomic E-state index is 3.55. The first-order valence-corrected chi connectivity index (χ1v) is 6.03. The lowest BCUT2D eigenvalue weighted by molar-refractivity contribution is 0.333. The molecule has 1 aromatic carbocycles. The van der Waals surface area contributed by atoms with Crippen molar-refractivity contribution in [3.05, 3.63) is 34.9 Å². The summed E-state index contributed by atoms with van der Waals surface area (Å²) in [5.41, 5.74) is 4.46. The summed E-state index contributed by atoms with van der Waals surface area (Å²) < 4.78 is 0. The molecular formula is C14H22N2. The second-order valence-electron chi connectivity index (χ2n) is 5.07. The molecule has 0 radical (unpaired) electrons. The Labute approximate surface area is 98.7 Å². The van der Waals surface area contributed by atoms with Gasteiger partial charge in [0.15, 0.2) is 0 Å². The van der Waals surface area contributed by atoms with E-state index in [4.69, 9.17) is 0 Å². The van der Waals surface area contributed by atoms with Gasteiger partial charge in [-0.15, -0.1) is 0 Å². The van der Waals surface area contributed by atoms with Gasteiger partial charge in [-0.05, 0) is 51.1 Å². The van der Waals surface area contributed by atoms with Crippen molar-refractivity contribution in [3.8, 4) is 0 Å². The SMILES string of the molecule is CNC1(c2cccc(C)c2C)CCN(C)C1. The third-order valence-corrected chi connectivity index (χ3v) is 4.06. The molecule has 1 aliphatic rings. The molecule has 16 heavy (non-hydrogen) atoms. The van der Waals surface area contributed by atoms with Crippen molar-refractivity contribution in [1.29, 1.82) is 0 Å². The molecule has 1 aliphatic heterocycles. The molecule has 2 nitrogen and oxygen atoms in total. The second kappa shape index (κ2) is 4.19. The second-order valence-corrected chi connectivity index (χ2v) is 5.07. The van der Waals surface area contributed by atoms with Crippen LogP contribution in [-0.4, -0.2) is 32.1 Å². The topological polar surface area (TPSA) is 15.3 Å². The van der Waals surface area contributed by atoms with Gasteiger partial charge < -0.3 is 10.2 Å². The van der Waals surface area contributed by atoms with E-state index in [-0.39, 0.29) is 5.54 Å². The largest absolute Gasteiger partial charge is 0.309 e. The fourth-order valence-corrected chi connectivity index (χ4v) is 2.83. The fourth-order valence-electron chi connectivity index (χ4n) is 2.83. The minimum absolute atomic E-state index is 0.158. The molecular weight excluding hydrogens is 196 g/mol. The third-order valence-electron chi connectivity index (χ3n) is 4.06. The number of benzene rings is 1. The zero-order valence-corrected chi connectivity index (χ0v) is 10.8. The Balaban J connectivity index is 2.45. The van der Waals surface area contributed by atoms with E-state index >= 15 is 0 Å². The van der Waals surface area contributed by atoms with Crippen molar-refractivity contribution in [2.75, 3.05) is 27.2 Å². The average molecular weight is 218 g/mol.